The fourth-order valence-electron chi connectivity index (χ4n) is 8.10. The minimum atomic E-state index is -0.694. The summed E-state index contributed by atoms with van der Waals surface area (Å²) in [7, 11) is 0. The molecule has 9 unspecified atom stereocenters. The molecule has 20 heavy (non-hydrogen) atoms. The molecule has 7 rings (SSSR count). The Morgan fingerprint density at radius 2 is 2.20 bits per heavy atom. The van der Waals surface area contributed by atoms with Gasteiger partial charge in [0, 0.05) is 0 Å². The molecule has 11 atom stereocenters. The summed E-state index contributed by atoms with van der Waals surface area (Å²) < 4.78 is 11.6. The van der Waals surface area contributed by atoms with Gasteiger partial charge in [-0.1, -0.05) is 0 Å². The summed E-state index contributed by atoms with van der Waals surface area (Å²) >= 11 is 0. The van der Waals surface area contributed by atoms with Crippen molar-refractivity contribution < 1.29 is 14.3 Å². The highest BCUT2D eigenvalue weighted by atomic mass is 16.6. The third kappa shape index (κ3) is 0.689. The second-order valence-electron chi connectivity index (χ2n) is 7.67. The highest BCUT2D eigenvalue weighted by Gasteiger charge is 2.94. The number of hydrogen-bond acceptors (Lipinski definition) is 4. The second-order valence-corrected chi connectivity index (χ2v) is 7.67. The van der Waals surface area contributed by atoms with Crippen LogP contribution in [-0.4, -0.2) is 24.3 Å². The normalized spacial score (nSPS) is 65.7. The average Bonchev–Trinajstić information content (AvgIpc) is 3.02. The number of rotatable bonds is 3. The van der Waals surface area contributed by atoms with Gasteiger partial charge in [0.05, 0.1) is 18.8 Å². The smallest absolute Gasteiger partial charge is 0.326 e. The standard InChI is InChI=1S/C16H17NO3/c1-2-19-15(18)7(4-17)16-12-6-3-5-8-9(6)13(16)11(8)14(20-16)10(5)12/h5-14H,2-3H2,1H3/t5-,6+,7?,8?,9?,10?,11?,12?,13?,14?,16?/m1/s1. The fraction of sp³-hybridized carbons (Fsp3) is 0.875. The molecule has 2 saturated heterocycles. The fourth-order valence-corrected chi connectivity index (χ4v) is 8.10. The van der Waals surface area contributed by atoms with Gasteiger partial charge < -0.3 is 9.47 Å². The van der Waals surface area contributed by atoms with Crippen molar-refractivity contribution in [3.8, 4) is 6.07 Å². The first-order chi connectivity index (χ1) is 9.75. The average molecular weight is 271 g/mol. The maximum atomic E-state index is 12.3. The van der Waals surface area contributed by atoms with Crippen molar-refractivity contribution in [2.75, 3.05) is 6.61 Å². The summed E-state index contributed by atoms with van der Waals surface area (Å²) in [5, 5.41) is 9.63. The van der Waals surface area contributed by atoms with Crippen LogP contribution in [0.1, 0.15) is 13.3 Å². The summed E-state index contributed by atoms with van der Waals surface area (Å²) in [5.41, 5.74) is -0.460. The van der Waals surface area contributed by atoms with Crippen LogP contribution in [0.15, 0.2) is 0 Å². The molecule has 2 aliphatic heterocycles. The van der Waals surface area contributed by atoms with Gasteiger partial charge in [-0.25, -0.2) is 0 Å². The predicted molar refractivity (Wildman–Crippen MR) is 65.9 cm³/mol. The number of carbonyl (C=O) groups is 1. The highest BCUT2D eigenvalue weighted by Crippen LogP contribution is 2.91. The third-order valence-electron chi connectivity index (χ3n) is 7.87. The SMILES string of the molecule is CCOC(=O)C(C#N)C12OC3C4C5C(C41)[C@@H]1C[C@H]5C3C12. The van der Waals surface area contributed by atoms with E-state index in [1.54, 1.807) is 6.92 Å². The molecule has 0 aromatic rings. The summed E-state index contributed by atoms with van der Waals surface area (Å²) in [4.78, 5) is 12.3. The van der Waals surface area contributed by atoms with E-state index in [1.165, 1.54) is 6.42 Å². The molecule has 0 spiro atoms. The van der Waals surface area contributed by atoms with Crippen molar-refractivity contribution in [2.45, 2.75) is 25.0 Å². The number of carbonyl (C=O) groups excluding carboxylic acids is 1. The van der Waals surface area contributed by atoms with E-state index in [0.29, 0.717) is 36.4 Å². The Morgan fingerprint density at radius 3 is 2.95 bits per heavy atom. The van der Waals surface area contributed by atoms with E-state index in [-0.39, 0.29) is 5.97 Å². The Kier molecular flexibility index (Phi) is 1.48. The van der Waals surface area contributed by atoms with E-state index in [9.17, 15) is 10.1 Å². The van der Waals surface area contributed by atoms with Crippen LogP contribution in [0.25, 0.3) is 0 Å². The minimum absolute atomic E-state index is 0.344. The monoisotopic (exact) mass is 271 g/mol. The Hall–Kier alpha value is -1.08. The molecular weight excluding hydrogens is 254 g/mol. The third-order valence-corrected chi connectivity index (χ3v) is 7.87. The van der Waals surface area contributed by atoms with Gasteiger partial charge in [0.2, 0.25) is 0 Å². The van der Waals surface area contributed by atoms with Crippen LogP contribution >= 0.6 is 0 Å². The van der Waals surface area contributed by atoms with Crippen molar-refractivity contribution >= 4 is 5.97 Å². The van der Waals surface area contributed by atoms with Crippen molar-refractivity contribution in [1.29, 1.82) is 5.26 Å². The summed E-state index contributed by atoms with van der Waals surface area (Å²) in [6, 6.07) is 2.27. The minimum Gasteiger partial charge on any atom is -0.465 e. The first-order valence-electron chi connectivity index (χ1n) is 7.99. The molecule has 0 aromatic carbocycles. The zero-order chi connectivity index (χ0) is 13.4. The highest BCUT2D eigenvalue weighted by molar-refractivity contribution is 5.78. The maximum absolute atomic E-state index is 12.3. The van der Waals surface area contributed by atoms with Gasteiger partial charge in [0.15, 0.2) is 5.92 Å². The van der Waals surface area contributed by atoms with Gasteiger partial charge in [0.25, 0.3) is 0 Å². The number of nitriles is 1. The first-order valence-corrected chi connectivity index (χ1v) is 7.99. The molecule has 4 nitrogen and oxygen atoms in total. The summed E-state index contributed by atoms with van der Waals surface area (Å²) in [6.07, 6.45) is 1.72. The number of esters is 1. The Bertz CT molecular complexity index is 587. The molecule has 0 amide bonds. The summed E-state index contributed by atoms with van der Waals surface area (Å²) in [6.45, 7) is 2.15. The molecule has 0 N–H and O–H groups in total. The molecule has 104 valence electrons. The molecular formula is C16H17NO3. The van der Waals surface area contributed by atoms with E-state index in [4.69, 9.17) is 9.47 Å². The molecule has 0 aromatic heterocycles. The van der Waals surface area contributed by atoms with Crippen LogP contribution < -0.4 is 0 Å². The molecule has 4 heteroatoms. The zero-order valence-electron chi connectivity index (χ0n) is 11.4. The van der Waals surface area contributed by atoms with Crippen molar-refractivity contribution in [1.82, 2.24) is 0 Å². The summed E-state index contributed by atoms with van der Waals surface area (Å²) in [5.74, 6) is 4.51. The van der Waals surface area contributed by atoms with Crippen LogP contribution in [-0.2, 0) is 14.3 Å². The molecule has 0 radical (unpaired) electrons. The number of nitrogens with zero attached hydrogens (tertiary/aromatic N) is 1. The first kappa shape index (κ1) is 10.6. The quantitative estimate of drug-likeness (QED) is 0.724. The van der Waals surface area contributed by atoms with Gasteiger partial charge in [-0.3, -0.25) is 4.79 Å². The molecule has 4 bridgehead atoms. The maximum Gasteiger partial charge on any atom is 0.326 e. The van der Waals surface area contributed by atoms with Crippen LogP contribution in [0.2, 0.25) is 0 Å². The van der Waals surface area contributed by atoms with E-state index >= 15 is 0 Å². The van der Waals surface area contributed by atoms with Gasteiger partial charge in [-0.15, -0.1) is 0 Å². The molecule has 7 fully saturated rings. The van der Waals surface area contributed by atoms with Crippen molar-refractivity contribution in [3.63, 3.8) is 0 Å². The lowest BCUT2D eigenvalue weighted by Crippen LogP contribution is -2.54. The zero-order valence-corrected chi connectivity index (χ0v) is 11.4. The topological polar surface area (TPSA) is 59.3 Å². The van der Waals surface area contributed by atoms with Gasteiger partial charge >= 0.3 is 5.97 Å². The van der Waals surface area contributed by atoms with Gasteiger partial charge in [-0.2, -0.15) is 5.26 Å². The predicted octanol–water partition coefficient (Wildman–Crippen LogP) is 1.21. The Morgan fingerprint density at radius 1 is 1.35 bits per heavy atom. The lowest BCUT2D eigenvalue weighted by atomic mass is 9.55. The van der Waals surface area contributed by atoms with Crippen LogP contribution in [0.3, 0.4) is 0 Å². The Balaban J connectivity index is 1.51. The van der Waals surface area contributed by atoms with E-state index < -0.39 is 11.5 Å². The van der Waals surface area contributed by atoms with E-state index in [1.807, 2.05) is 0 Å². The van der Waals surface area contributed by atoms with Gasteiger partial charge in [0.1, 0.15) is 5.60 Å². The van der Waals surface area contributed by atoms with Crippen LogP contribution in [0.4, 0.5) is 0 Å². The molecule has 7 aliphatic rings. The second kappa shape index (κ2) is 2.78. The lowest BCUT2D eigenvalue weighted by molar-refractivity contribution is -0.158. The van der Waals surface area contributed by atoms with Crippen LogP contribution in [0.5, 0.6) is 0 Å². The van der Waals surface area contributed by atoms with E-state index in [0.717, 1.165) is 23.7 Å². The van der Waals surface area contributed by atoms with Crippen molar-refractivity contribution in [3.05, 3.63) is 0 Å². The number of ether oxygens (including phenoxy) is 2. The molecule has 5 aliphatic carbocycles. The van der Waals surface area contributed by atoms with Gasteiger partial charge in [-0.05, 0) is 60.7 Å². The van der Waals surface area contributed by atoms with E-state index in [2.05, 4.69) is 6.07 Å². The largest absolute Gasteiger partial charge is 0.465 e. The molecule has 5 saturated carbocycles. The molecule has 2 heterocycles. The van der Waals surface area contributed by atoms with Crippen molar-refractivity contribution in [2.24, 2.45) is 53.3 Å². The Labute approximate surface area is 117 Å². The number of hydrogen-bond donors (Lipinski definition) is 0. The van der Waals surface area contributed by atoms with Crippen LogP contribution in [0, 0.1) is 64.6 Å². The lowest BCUT2D eigenvalue weighted by Gasteiger charge is -2.46.